The lowest BCUT2D eigenvalue weighted by atomic mass is 10.2. The van der Waals surface area contributed by atoms with E-state index in [9.17, 15) is 9.18 Å². The van der Waals surface area contributed by atoms with Gasteiger partial charge in [-0.3, -0.25) is 14.6 Å². The van der Waals surface area contributed by atoms with Gasteiger partial charge in [0.1, 0.15) is 17.1 Å². The second kappa shape index (κ2) is 9.72. The molecule has 1 fully saturated rings. The number of carbonyl (C=O) groups excluding carboxylic acids is 1. The van der Waals surface area contributed by atoms with Gasteiger partial charge < -0.3 is 9.47 Å². The molecule has 0 aliphatic carbocycles. The van der Waals surface area contributed by atoms with Gasteiger partial charge in [0.25, 0.3) is 5.91 Å². The number of halogens is 1. The van der Waals surface area contributed by atoms with E-state index in [1.54, 1.807) is 24.1 Å². The van der Waals surface area contributed by atoms with Gasteiger partial charge in [0, 0.05) is 31.7 Å². The maximum atomic E-state index is 13.8. The van der Waals surface area contributed by atoms with Crippen LogP contribution < -0.4 is 9.64 Å². The summed E-state index contributed by atoms with van der Waals surface area (Å²) in [5.41, 5.74) is 2.13. The van der Waals surface area contributed by atoms with Crippen LogP contribution in [-0.2, 0) is 4.74 Å². The second-order valence-corrected chi connectivity index (χ2v) is 8.51. The number of fused-ring (bicyclic) bond motifs is 1. The van der Waals surface area contributed by atoms with Gasteiger partial charge >= 0.3 is 0 Å². The van der Waals surface area contributed by atoms with Crippen LogP contribution in [0.5, 0.6) is 5.75 Å². The minimum atomic E-state index is -0.430. The average molecular weight is 444 g/mol. The zero-order chi connectivity index (χ0) is 21.8. The third kappa shape index (κ3) is 4.87. The van der Waals surface area contributed by atoms with Crippen LogP contribution in [0.15, 0.2) is 36.4 Å². The zero-order valence-corrected chi connectivity index (χ0v) is 18.6. The Morgan fingerprint density at radius 3 is 2.84 bits per heavy atom. The fraction of sp³-hybridized carbons (Fsp3) is 0.391. The molecule has 164 valence electrons. The highest BCUT2D eigenvalue weighted by atomic mass is 32.1. The maximum Gasteiger partial charge on any atom is 0.260 e. The Morgan fingerprint density at radius 1 is 1.29 bits per heavy atom. The first-order valence-corrected chi connectivity index (χ1v) is 11.2. The van der Waals surface area contributed by atoms with Crippen LogP contribution in [0.4, 0.5) is 9.52 Å². The van der Waals surface area contributed by atoms with Crippen molar-refractivity contribution in [3.05, 3.63) is 53.3 Å². The van der Waals surface area contributed by atoms with Crippen LogP contribution in [0.2, 0.25) is 0 Å². The number of benzene rings is 2. The number of nitrogens with zero attached hydrogens (tertiary/aromatic N) is 3. The average Bonchev–Trinajstić information content (AvgIpc) is 3.23. The molecule has 1 aliphatic heterocycles. The molecule has 8 heteroatoms. The molecule has 1 aliphatic rings. The molecule has 1 aromatic heterocycles. The Balaban J connectivity index is 1.63. The number of hydrogen-bond donors (Lipinski definition) is 0. The van der Waals surface area contributed by atoms with Gasteiger partial charge in [0.15, 0.2) is 5.13 Å². The van der Waals surface area contributed by atoms with E-state index in [1.807, 2.05) is 19.1 Å². The number of amides is 1. The molecule has 1 saturated heterocycles. The Morgan fingerprint density at radius 2 is 2.10 bits per heavy atom. The summed E-state index contributed by atoms with van der Waals surface area (Å²) in [6.07, 6.45) is 0.785. The van der Waals surface area contributed by atoms with E-state index in [-0.39, 0.29) is 5.91 Å². The topological polar surface area (TPSA) is 54.9 Å². The van der Waals surface area contributed by atoms with Crippen molar-refractivity contribution < 1.29 is 18.7 Å². The van der Waals surface area contributed by atoms with Gasteiger partial charge in [0.2, 0.25) is 0 Å². The predicted octanol–water partition coefficient (Wildman–Crippen LogP) is 4.12. The standard InChI is InChI=1S/C23H26FN3O3S/c1-16-7-8-19(29-2)20-21(16)31-23(25-20)27(10-4-9-26-11-13-30-14-12-26)22(28)17-5-3-6-18(24)15-17/h3,5-8,15H,4,9-14H2,1-2H3. The van der Waals surface area contributed by atoms with Gasteiger partial charge in [-0.15, -0.1) is 0 Å². The summed E-state index contributed by atoms with van der Waals surface area (Å²) >= 11 is 1.46. The molecule has 4 rings (SSSR count). The number of hydrogen-bond acceptors (Lipinski definition) is 6. The lowest BCUT2D eigenvalue weighted by molar-refractivity contribution is 0.0376. The first-order chi connectivity index (χ1) is 15.1. The Hall–Kier alpha value is -2.55. The largest absolute Gasteiger partial charge is 0.494 e. The molecular weight excluding hydrogens is 417 g/mol. The van der Waals surface area contributed by atoms with Crippen molar-refractivity contribution in [3.8, 4) is 5.75 Å². The fourth-order valence-electron chi connectivity index (χ4n) is 3.72. The number of methoxy groups -OCH3 is 1. The van der Waals surface area contributed by atoms with E-state index in [0.717, 1.165) is 55.0 Å². The lowest BCUT2D eigenvalue weighted by Crippen LogP contribution is -2.39. The molecule has 0 bridgehead atoms. The summed E-state index contributed by atoms with van der Waals surface area (Å²) in [5.74, 6) is -0.00680. The molecular formula is C23H26FN3O3S. The number of aromatic nitrogens is 1. The molecule has 0 radical (unpaired) electrons. The van der Waals surface area contributed by atoms with Gasteiger partial charge in [-0.1, -0.05) is 23.5 Å². The summed E-state index contributed by atoms with van der Waals surface area (Å²) in [6, 6.07) is 9.68. The molecule has 0 atom stereocenters. The fourth-order valence-corrected chi connectivity index (χ4v) is 4.79. The van der Waals surface area contributed by atoms with Crippen molar-refractivity contribution in [1.29, 1.82) is 0 Å². The SMILES string of the molecule is COc1ccc(C)c2sc(N(CCCN3CCOCC3)C(=O)c3cccc(F)c3)nc12. The van der Waals surface area contributed by atoms with E-state index >= 15 is 0 Å². The molecule has 3 aromatic rings. The molecule has 0 unspecified atom stereocenters. The van der Waals surface area contributed by atoms with Gasteiger partial charge in [0.05, 0.1) is 25.0 Å². The summed E-state index contributed by atoms with van der Waals surface area (Å²) in [7, 11) is 1.61. The number of aryl methyl sites for hydroxylation is 1. The molecule has 0 spiro atoms. The van der Waals surface area contributed by atoms with Crippen LogP contribution in [0.25, 0.3) is 10.2 Å². The van der Waals surface area contributed by atoms with E-state index in [0.29, 0.717) is 23.0 Å². The molecule has 2 heterocycles. The summed E-state index contributed by atoms with van der Waals surface area (Å²) < 4.78 is 25.7. The van der Waals surface area contributed by atoms with Crippen molar-refractivity contribution in [1.82, 2.24) is 9.88 Å². The van der Waals surface area contributed by atoms with Crippen LogP contribution in [-0.4, -0.2) is 62.3 Å². The summed E-state index contributed by atoms with van der Waals surface area (Å²) in [5, 5.41) is 0.596. The maximum absolute atomic E-state index is 13.8. The van der Waals surface area contributed by atoms with Crippen LogP contribution >= 0.6 is 11.3 Å². The number of morpholine rings is 1. The lowest BCUT2D eigenvalue weighted by Gasteiger charge is -2.27. The predicted molar refractivity (Wildman–Crippen MR) is 121 cm³/mol. The van der Waals surface area contributed by atoms with Crippen molar-refractivity contribution in [3.63, 3.8) is 0 Å². The molecule has 0 saturated carbocycles. The van der Waals surface area contributed by atoms with E-state index in [1.165, 1.54) is 23.5 Å². The van der Waals surface area contributed by atoms with Crippen molar-refractivity contribution in [2.45, 2.75) is 13.3 Å². The van der Waals surface area contributed by atoms with E-state index in [2.05, 4.69) is 4.90 Å². The number of carbonyl (C=O) groups is 1. The molecule has 1 amide bonds. The highest BCUT2D eigenvalue weighted by Crippen LogP contribution is 2.37. The Kier molecular flexibility index (Phi) is 6.80. The van der Waals surface area contributed by atoms with Gasteiger partial charge in [-0.25, -0.2) is 9.37 Å². The summed E-state index contributed by atoms with van der Waals surface area (Å²) in [4.78, 5) is 22.1. The number of anilines is 1. The monoisotopic (exact) mass is 443 g/mol. The van der Waals surface area contributed by atoms with Crippen LogP contribution in [0.1, 0.15) is 22.3 Å². The normalized spacial score (nSPS) is 14.7. The molecule has 2 aromatic carbocycles. The number of rotatable bonds is 7. The first-order valence-electron chi connectivity index (χ1n) is 10.4. The number of thiazole rings is 1. The van der Waals surface area contributed by atoms with E-state index < -0.39 is 5.82 Å². The number of ether oxygens (including phenoxy) is 2. The molecule has 31 heavy (non-hydrogen) atoms. The van der Waals surface area contributed by atoms with Crippen molar-refractivity contribution in [2.24, 2.45) is 0 Å². The molecule has 0 N–H and O–H groups in total. The Labute approximate surface area is 185 Å². The van der Waals surface area contributed by atoms with Crippen molar-refractivity contribution >= 4 is 32.6 Å². The highest BCUT2D eigenvalue weighted by molar-refractivity contribution is 7.22. The minimum absolute atomic E-state index is 0.253. The first kappa shape index (κ1) is 21.7. The third-order valence-electron chi connectivity index (χ3n) is 5.42. The van der Waals surface area contributed by atoms with Crippen molar-refractivity contribution in [2.75, 3.05) is 51.4 Å². The smallest absolute Gasteiger partial charge is 0.260 e. The zero-order valence-electron chi connectivity index (χ0n) is 17.8. The third-order valence-corrected chi connectivity index (χ3v) is 6.63. The second-order valence-electron chi connectivity index (χ2n) is 7.53. The highest BCUT2D eigenvalue weighted by Gasteiger charge is 2.23. The van der Waals surface area contributed by atoms with E-state index in [4.69, 9.17) is 14.5 Å². The molecule has 6 nitrogen and oxygen atoms in total. The van der Waals surface area contributed by atoms with Gasteiger partial charge in [-0.2, -0.15) is 0 Å². The van der Waals surface area contributed by atoms with Gasteiger partial charge in [-0.05, 0) is 43.2 Å². The van der Waals surface area contributed by atoms with Crippen LogP contribution in [0.3, 0.4) is 0 Å². The van der Waals surface area contributed by atoms with Crippen LogP contribution in [0, 0.1) is 12.7 Å². The quantitative estimate of drug-likeness (QED) is 0.550. The summed E-state index contributed by atoms with van der Waals surface area (Å²) in [6.45, 7) is 6.65. The minimum Gasteiger partial charge on any atom is -0.494 e. The Bertz CT molecular complexity index is 1070.